The molecule has 2 aliphatic rings. The molecule has 0 saturated carbocycles. The van der Waals surface area contributed by atoms with E-state index in [1.54, 1.807) is 0 Å². The van der Waals surface area contributed by atoms with Crippen LogP contribution in [-0.2, 0) is 4.79 Å². The van der Waals surface area contributed by atoms with Crippen LogP contribution in [0.5, 0.6) is 5.75 Å². The summed E-state index contributed by atoms with van der Waals surface area (Å²) >= 11 is 0. The first-order valence-electron chi connectivity index (χ1n) is 11.9. The maximum atomic E-state index is 13.1. The first kappa shape index (κ1) is 22.4. The van der Waals surface area contributed by atoms with Crippen molar-refractivity contribution in [2.24, 2.45) is 0 Å². The topological polar surface area (TPSA) is 49.9 Å². The summed E-state index contributed by atoms with van der Waals surface area (Å²) in [5.41, 5.74) is 2.61. The molecular weight excluding hydrogens is 400 g/mol. The van der Waals surface area contributed by atoms with Crippen molar-refractivity contribution in [1.82, 2.24) is 9.80 Å². The SMILES string of the molecule is CCN(CC)C(=O)CC1CC2(CCN(C(=O)c3ccccc3C)CC2)Oc2ccccc21. The average Bonchev–Trinajstić information content (AvgIpc) is 2.80. The molecule has 5 nitrogen and oxygen atoms in total. The number of piperidine rings is 1. The normalized spacial score (nSPS) is 19.2. The van der Waals surface area contributed by atoms with Crippen LogP contribution in [0, 0.1) is 6.92 Å². The standard InChI is InChI=1S/C27H34N2O3/c1-4-28(5-2)25(30)18-21-19-27(32-24-13-9-8-12-23(21)24)14-16-29(17-15-27)26(31)22-11-7-6-10-20(22)3/h6-13,21H,4-5,14-19H2,1-3H3. The summed E-state index contributed by atoms with van der Waals surface area (Å²) in [7, 11) is 0. The molecule has 5 heteroatoms. The highest BCUT2D eigenvalue weighted by Crippen LogP contribution is 2.46. The molecule has 2 aliphatic heterocycles. The lowest BCUT2D eigenvalue weighted by Gasteiger charge is -2.47. The lowest BCUT2D eigenvalue weighted by molar-refractivity contribution is -0.131. The number of benzene rings is 2. The summed E-state index contributed by atoms with van der Waals surface area (Å²) in [6.07, 6.45) is 2.91. The Morgan fingerprint density at radius 1 is 1.03 bits per heavy atom. The zero-order valence-corrected chi connectivity index (χ0v) is 19.5. The van der Waals surface area contributed by atoms with Gasteiger partial charge in [-0.1, -0.05) is 36.4 Å². The van der Waals surface area contributed by atoms with Gasteiger partial charge in [0.05, 0.1) is 0 Å². The summed E-state index contributed by atoms with van der Waals surface area (Å²) in [5.74, 6) is 1.35. The predicted molar refractivity (Wildman–Crippen MR) is 126 cm³/mol. The van der Waals surface area contributed by atoms with Crippen LogP contribution in [0.2, 0.25) is 0 Å². The number of amides is 2. The first-order valence-corrected chi connectivity index (χ1v) is 11.9. The Bertz CT molecular complexity index is 974. The molecule has 1 fully saturated rings. The van der Waals surface area contributed by atoms with E-state index in [-0.39, 0.29) is 23.3 Å². The van der Waals surface area contributed by atoms with Crippen molar-refractivity contribution in [3.05, 3.63) is 65.2 Å². The highest BCUT2D eigenvalue weighted by atomic mass is 16.5. The second-order valence-electron chi connectivity index (χ2n) is 9.10. The van der Waals surface area contributed by atoms with Gasteiger partial charge in [-0.05, 0) is 50.5 Å². The zero-order chi connectivity index (χ0) is 22.7. The Hall–Kier alpha value is -2.82. The third-order valence-electron chi connectivity index (χ3n) is 7.18. The van der Waals surface area contributed by atoms with Crippen LogP contribution in [0.15, 0.2) is 48.5 Å². The van der Waals surface area contributed by atoms with Crippen molar-refractivity contribution in [3.63, 3.8) is 0 Å². The van der Waals surface area contributed by atoms with Crippen molar-refractivity contribution in [1.29, 1.82) is 0 Å². The van der Waals surface area contributed by atoms with Crippen molar-refractivity contribution in [2.75, 3.05) is 26.2 Å². The van der Waals surface area contributed by atoms with Gasteiger partial charge in [0.2, 0.25) is 5.91 Å². The third kappa shape index (κ3) is 4.38. The van der Waals surface area contributed by atoms with Gasteiger partial charge in [-0.25, -0.2) is 0 Å². The Balaban J connectivity index is 1.50. The minimum absolute atomic E-state index is 0.0995. The maximum Gasteiger partial charge on any atom is 0.254 e. The van der Waals surface area contributed by atoms with Gasteiger partial charge in [0, 0.05) is 56.9 Å². The molecule has 0 aliphatic carbocycles. The molecule has 2 aromatic rings. The molecule has 1 spiro atoms. The molecule has 0 N–H and O–H groups in total. The highest BCUT2D eigenvalue weighted by Gasteiger charge is 2.44. The minimum atomic E-state index is -0.314. The van der Waals surface area contributed by atoms with Gasteiger partial charge in [0.15, 0.2) is 0 Å². The van der Waals surface area contributed by atoms with Crippen molar-refractivity contribution >= 4 is 11.8 Å². The van der Waals surface area contributed by atoms with Gasteiger partial charge < -0.3 is 14.5 Å². The fourth-order valence-corrected chi connectivity index (χ4v) is 5.25. The Morgan fingerprint density at radius 2 is 1.69 bits per heavy atom. The van der Waals surface area contributed by atoms with Crippen LogP contribution in [0.4, 0.5) is 0 Å². The van der Waals surface area contributed by atoms with Crippen LogP contribution in [0.1, 0.15) is 66.9 Å². The van der Waals surface area contributed by atoms with E-state index in [1.807, 2.05) is 73.0 Å². The van der Waals surface area contributed by atoms with Gasteiger partial charge in [-0.15, -0.1) is 0 Å². The molecule has 0 bridgehead atoms. The monoisotopic (exact) mass is 434 g/mol. The van der Waals surface area contributed by atoms with E-state index in [9.17, 15) is 9.59 Å². The summed E-state index contributed by atoms with van der Waals surface area (Å²) in [5, 5.41) is 0. The molecule has 0 aromatic heterocycles. The number of ether oxygens (including phenoxy) is 1. The van der Waals surface area contributed by atoms with Crippen LogP contribution in [0.25, 0.3) is 0 Å². The lowest BCUT2D eigenvalue weighted by atomic mass is 9.76. The molecule has 1 unspecified atom stereocenters. The van der Waals surface area contributed by atoms with Crippen LogP contribution in [-0.4, -0.2) is 53.4 Å². The lowest BCUT2D eigenvalue weighted by Crippen LogP contribution is -2.52. The minimum Gasteiger partial charge on any atom is -0.487 e. The Morgan fingerprint density at radius 3 is 2.38 bits per heavy atom. The highest BCUT2D eigenvalue weighted by molar-refractivity contribution is 5.95. The molecule has 2 aromatic carbocycles. The second kappa shape index (κ2) is 9.35. The van der Waals surface area contributed by atoms with E-state index >= 15 is 0 Å². The maximum absolute atomic E-state index is 13.1. The number of aryl methyl sites for hydroxylation is 1. The summed E-state index contributed by atoms with van der Waals surface area (Å²) in [6.45, 7) is 8.86. The number of carbonyl (C=O) groups excluding carboxylic acids is 2. The molecule has 32 heavy (non-hydrogen) atoms. The summed E-state index contributed by atoms with van der Waals surface area (Å²) in [6, 6.07) is 15.9. The molecule has 2 amide bonds. The van der Waals surface area contributed by atoms with Crippen molar-refractivity contribution in [2.45, 2.75) is 58.0 Å². The van der Waals surface area contributed by atoms with E-state index in [2.05, 4.69) is 6.07 Å². The Kier molecular flexibility index (Phi) is 6.54. The third-order valence-corrected chi connectivity index (χ3v) is 7.18. The summed E-state index contributed by atoms with van der Waals surface area (Å²) < 4.78 is 6.58. The van der Waals surface area contributed by atoms with Gasteiger partial charge in [0.1, 0.15) is 11.4 Å². The fraction of sp³-hybridized carbons (Fsp3) is 0.481. The smallest absolute Gasteiger partial charge is 0.254 e. The van der Waals surface area contributed by atoms with Crippen molar-refractivity contribution < 1.29 is 14.3 Å². The molecule has 4 rings (SSSR count). The van der Waals surface area contributed by atoms with E-state index < -0.39 is 0 Å². The van der Waals surface area contributed by atoms with E-state index in [0.29, 0.717) is 19.5 Å². The quantitative estimate of drug-likeness (QED) is 0.680. The molecular formula is C27H34N2O3. The number of hydrogen-bond acceptors (Lipinski definition) is 3. The van der Waals surface area contributed by atoms with Crippen LogP contribution in [0.3, 0.4) is 0 Å². The molecule has 1 saturated heterocycles. The van der Waals surface area contributed by atoms with Crippen molar-refractivity contribution in [3.8, 4) is 5.75 Å². The number of para-hydroxylation sites is 1. The van der Waals surface area contributed by atoms with Crippen LogP contribution < -0.4 is 4.74 Å². The number of nitrogens with zero attached hydrogens (tertiary/aromatic N) is 2. The molecule has 1 atom stereocenters. The number of likely N-dealkylation sites (tertiary alicyclic amines) is 1. The van der Waals surface area contributed by atoms with Crippen LogP contribution >= 0.6 is 0 Å². The van der Waals surface area contributed by atoms with E-state index in [0.717, 1.165) is 54.8 Å². The number of fused-ring (bicyclic) bond motifs is 1. The van der Waals surface area contributed by atoms with Gasteiger partial charge in [0.25, 0.3) is 5.91 Å². The first-order chi connectivity index (χ1) is 15.5. The van der Waals surface area contributed by atoms with Gasteiger partial charge >= 0.3 is 0 Å². The molecule has 170 valence electrons. The van der Waals surface area contributed by atoms with E-state index in [1.165, 1.54) is 0 Å². The predicted octanol–water partition coefficient (Wildman–Crippen LogP) is 4.79. The second-order valence-corrected chi connectivity index (χ2v) is 9.10. The average molecular weight is 435 g/mol. The Labute approximate surface area is 191 Å². The fourth-order valence-electron chi connectivity index (χ4n) is 5.25. The number of carbonyl (C=O) groups is 2. The van der Waals surface area contributed by atoms with Gasteiger partial charge in [-0.2, -0.15) is 0 Å². The number of rotatable bonds is 5. The van der Waals surface area contributed by atoms with Gasteiger partial charge in [-0.3, -0.25) is 9.59 Å². The number of hydrogen-bond donors (Lipinski definition) is 0. The molecule has 2 heterocycles. The molecule has 0 radical (unpaired) electrons. The zero-order valence-electron chi connectivity index (χ0n) is 19.5. The van der Waals surface area contributed by atoms with E-state index in [4.69, 9.17) is 4.74 Å². The largest absolute Gasteiger partial charge is 0.487 e. The summed E-state index contributed by atoms with van der Waals surface area (Å²) in [4.78, 5) is 29.9.